The van der Waals surface area contributed by atoms with Gasteiger partial charge in [0.05, 0.1) is 17.8 Å². The summed E-state index contributed by atoms with van der Waals surface area (Å²) in [6.45, 7) is 0.493. The van der Waals surface area contributed by atoms with Crippen molar-refractivity contribution < 1.29 is 13.3 Å². The molecule has 1 aromatic heterocycles. The van der Waals surface area contributed by atoms with Crippen LogP contribution in [0, 0.1) is 16.0 Å². The van der Waals surface area contributed by atoms with Gasteiger partial charge in [-0.25, -0.2) is 8.42 Å². The second-order valence-electron chi connectivity index (χ2n) is 4.03. The maximum atomic E-state index is 11.1. The van der Waals surface area contributed by atoms with Gasteiger partial charge in [-0.2, -0.15) is 4.68 Å². The van der Waals surface area contributed by atoms with Crippen LogP contribution >= 0.6 is 10.7 Å². The zero-order valence-corrected chi connectivity index (χ0v) is 10.3. The lowest BCUT2D eigenvalue weighted by Gasteiger charge is -2.23. The molecular weight excluding hydrogens is 270 g/mol. The zero-order chi connectivity index (χ0) is 12.6. The molecule has 1 heterocycles. The Labute approximate surface area is 102 Å². The lowest BCUT2D eigenvalue weighted by atomic mass is 9.85. The fraction of sp³-hybridized carbons (Fsp3) is 0.625. The summed E-state index contributed by atoms with van der Waals surface area (Å²) in [7, 11) is 0.985. The number of hydrogen-bond acceptors (Lipinski definition) is 5. The molecule has 0 N–H and O–H groups in total. The van der Waals surface area contributed by atoms with Crippen LogP contribution in [0.15, 0.2) is 11.1 Å². The zero-order valence-electron chi connectivity index (χ0n) is 8.74. The summed E-state index contributed by atoms with van der Waals surface area (Å²) in [5, 5.41) is 14.3. The van der Waals surface area contributed by atoms with Crippen molar-refractivity contribution in [2.24, 2.45) is 5.92 Å². The van der Waals surface area contributed by atoms with Crippen molar-refractivity contribution in [1.82, 2.24) is 9.78 Å². The largest absolute Gasteiger partial charge is 0.410 e. The average molecular weight is 280 g/mol. The number of rotatable bonds is 4. The van der Waals surface area contributed by atoms with Crippen LogP contribution < -0.4 is 0 Å². The number of nitrogens with zero attached hydrogens (tertiary/aromatic N) is 3. The Balaban J connectivity index is 2.33. The van der Waals surface area contributed by atoms with Gasteiger partial charge < -0.3 is 10.1 Å². The van der Waals surface area contributed by atoms with Crippen molar-refractivity contribution in [2.45, 2.75) is 30.7 Å². The summed E-state index contributed by atoms with van der Waals surface area (Å²) in [6.07, 6.45) is 4.33. The molecule has 0 radical (unpaired) electrons. The molecule has 1 aliphatic carbocycles. The van der Waals surface area contributed by atoms with Crippen LogP contribution in [0.4, 0.5) is 5.82 Å². The molecule has 0 aromatic carbocycles. The van der Waals surface area contributed by atoms with E-state index in [0.717, 1.165) is 25.5 Å². The van der Waals surface area contributed by atoms with Crippen LogP contribution in [0.1, 0.15) is 19.3 Å². The topological polar surface area (TPSA) is 95.1 Å². The molecule has 7 nitrogen and oxygen atoms in total. The Morgan fingerprint density at radius 2 is 2.24 bits per heavy atom. The Morgan fingerprint density at radius 1 is 1.59 bits per heavy atom. The molecule has 0 unspecified atom stereocenters. The van der Waals surface area contributed by atoms with Crippen molar-refractivity contribution in [1.29, 1.82) is 0 Å². The summed E-state index contributed by atoms with van der Waals surface area (Å²) in [6, 6.07) is 0. The molecule has 0 atom stereocenters. The summed E-state index contributed by atoms with van der Waals surface area (Å²) in [4.78, 5) is 9.28. The van der Waals surface area contributed by atoms with E-state index in [1.807, 2.05) is 0 Å². The van der Waals surface area contributed by atoms with Gasteiger partial charge in [0.2, 0.25) is 4.90 Å². The maximum absolute atomic E-state index is 11.1. The van der Waals surface area contributed by atoms with Gasteiger partial charge in [-0.15, -0.1) is 0 Å². The van der Waals surface area contributed by atoms with Crippen LogP contribution in [0.2, 0.25) is 0 Å². The highest BCUT2D eigenvalue weighted by Gasteiger charge is 2.31. The van der Waals surface area contributed by atoms with E-state index in [0.29, 0.717) is 12.5 Å². The predicted octanol–water partition coefficient (Wildman–Crippen LogP) is 1.52. The average Bonchev–Trinajstić information content (AvgIpc) is 2.54. The van der Waals surface area contributed by atoms with Crippen LogP contribution in [-0.2, 0) is 15.6 Å². The van der Waals surface area contributed by atoms with Gasteiger partial charge in [-0.1, -0.05) is 6.42 Å². The van der Waals surface area contributed by atoms with Crippen molar-refractivity contribution >= 4 is 25.6 Å². The van der Waals surface area contributed by atoms with Crippen molar-refractivity contribution in [3.8, 4) is 0 Å². The maximum Gasteiger partial charge on any atom is 0.410 e. The lowest BCUT2D eigenvalue weighted by Crippen LogP contribution is -2.18. The third kappa shape index (κ3) is 2.58. The molecule has 1 saturated carbocycles. The lowest BCUT2D eigenvalue weighted by molar-refractivity contribution is -0.392. The van der Waals surface area contributed by atoms with E-state index in [1.54, 1.807) is 0 Å². The van der Waals surface area contributed by atoms with Gasteiger partial charge in [0.25, 0.3) is 9.05 Å². The molecule has 2 rings (SSSR count). The Hall–Kier alpha value is -1.15. The minimum atomic E-state index is -4.13. The number of halogens is 1. The Morgan fingerprint density at radius 3 is 2.59 bits per heavy atom. The van der Waals surface area contributed by atoms with Crippen molar-refractivity contribution in [2.75, 3.05) is 0 Å². The Kier molecular flexibility index (Phi) is 3.09. The van der Waals surface area contributed by atoms with Crippen LogP contribution in [-0.4, -0.2) is 23.1 Å². The number of aromatic nitrogens is 2. The van der Waals surface area contributed by atoms with E-state index in [9.17, 15) is 18.5 Å². The normalized spacial score (nSPS) is 16.8. The van der Waals surface area contributed by atoms with Gasteiger partial charge in [-0.3, -0.25) is 0 Å². The van der Waals surface area contributed by atoms with E-state index in [-0.39, 0.29) is 0 Å². The molecule has 9 heteroatoms. The first-order valence-corrected chi connectivity index (χ1v) is 7.35. The molecule has 0 aliphatic heterocycles. The molecule has 0 spiro atoms. The molecule has 1 aliphatic rings. The fourth-order valence-corrected chi connectivity index (χ4v) is 2.63. The SMILES string of the molecule is O=[N+]([O-])c1nn(CC2CCC2)cc1S(=O)(=O)Cl. The Bertz CT molecular complexity index is 549. The molecule has 0 saturated heterocycles. The van der Waals surface area contributed by atoms with E-state index < -0.39 is 24.7 Å². The highest BCUT2D eigenvalue weighted by molar-refractivity contribution is 8.13. The molecule has 0 bridgehead atoms. The predicted molar refractivity (Wildman–Crippen MR) is 59.3 cm³/mol. The highest BCUT2D eigenvalue weighted by Crippen LogP contribution is 2.30. The molecular formula is C8H10ClN3O4S. The minimum Gasteiger partial charge on any atom is -0.358 e. The van der Waals surface area contributed by atoms with Crippen molar-refractivity contribution in [3.63, 3.8) is 0 Å². The van der Waals surface area contributed by atoms with E-state index >= 15 is 0 Å². The smallest absolute Gasteiger partial charge is 0.358 e. The first kappa shape index (κ1) is 12.3. The first-order valence-electron chi connectivity index (χ1n) is 5.04. The highest BCUT2D eigenvalue weighted by atomic mass is 35.7. The van der Waals surface area contributed by atoms with Crippen molar-refractivity contribution in [3.05, 3.63) is 16.3 Å². The number of hydrogen-bond donors (Lipinski definition) is 0. The van der Waals surface area contributed by atoms with Gasteiger partial charge in [0.1, 0.15) is 0 Å². The fourth-order valence-electron chi connectivity index (χ4n) is 1.72. The van der Waals surface area contributed by atoms with Crippen LogP contribution in [0.3, 0.4) is 0 Å². The van der Waals surface area contributed by atoms with E-state index in [2.05, 4.69) is 5.10 Å². The van der Waals surface area contributed by atoms with E-state index in [1.165, 1.54) is 4.68 Å². The summed E-state index contributed by atoms with van der Waals surface area (Å²) in [5.74, 6) is -0.292. The van der Waals surface area contributed by atoms with Gasteiger partial charge in [0, 0.05) is 10.7 Å². The molecule has 17 heavy (non-hydrogen) atoms. The monoisotopic (exact) mass is 279 g/mol. The summed E-state index contributed by atoms with van der Waals surface area (Å²) in [5.41, 5.74) is 0. The molecule has 1 fully saturated rings. The second kappa shape index (κ2) is 4.26. The summed E-state index contributed by atoms with van der Waals surface area (Å²) < 4.78 is 23.6. The van der Waals surface area contributed by atoms with Gasteiger partial charge in [0.15, 0.2) is 0 Å². The molecule has 0 amide bonds. The third-order valence-corrected chi connectivity index (χ3v) is 4.13. The van der Waals surface area contributed by atoms with Crippen LogP contribution in [0.5, 0.6) is 0 Å². The number of nitro groups is 1. The summed E-state index contributed by atoms with van der Waals surface area (Å²) >= 11 is 0. The molecule has 1 aromatic rings. The van der Waals surface area contributed by atoms with Gasteiger partial charge in [-0.05, 0) is 23.7 Å². The minimum absolute atomic E-state index is 0.417. The van der Waals surface area contributed by atoms with E-state index in [4.69, 9.17) is 10.7 Å². The molecule has 94 valence electrons. The van der Waals surface area contributed by atoms with Gasteiger partial charge >= 0.3 is 5.82 Å². The standard InChI is InChI=1S/C8H10ClN3O4S/c9-17(15,16)7-5-11(4-6-2-1-3-6)10-8(7)12(13)14/h5-6H,1-4H2. The third-order valence-electron chi connectivity index (χ3n) is 2.82. The first-order chi connectivity index (χ1) is 7.88. The van der Waals surface area contributed by atoms with Crippen LogP contribution in [0.25, 0.3) is 0 Å². The second-order valence-corrected chi connectivity index (χ2v) is 6.57. The quantitative estimate of drug-likeness (QED) is 0.473.